The molecule has 5 rings (SSSR count). The van der Waals surface area contributed by atoms with Crippen LogP contribution in [0, 0.1) is 0 Å². The molecule has 8 nitrogen and oxygen atoms in total. The number of fused-ring (bicyclic) bond motifs is 2. The number of carbonyl (C=O) groups is 3. The molecule has 0 unspecified atom stereocenters. The molecule has 0 saturated carbocycles. The molecule has 42 heavy (non-hydrogen) atoms. The summed E-state index contributed by atoms with van der Waals surface area (Å²) in [5, 5.41) is 13.6. The average molecular weight is 569 g/mol. The largest absolute Gasteiger partial charge is 0.871 e. The van der Waals surface area contributed by atoms with Gasteiger partial charge in [0, 0.05) is 45.7 Å². The van der Waals surface area contributed by atoms with Gasteiger partial charge in [-0.2, -0.15) is 4.58 Å². The van der Waals surface area contributed by atoms with Crippen LogP contribution in [0.25, 0.3) is 0 Å². The summed E-state index contributed by atoms with van der Waals surface area (Å²) in [6.45, 7) is 12.0. The molecule has 0 atom stereocenters. The minimum Gasteiger partial charge on any atom is -0.871 e. The van der Waals surface area contributed by atoms with Crippen molar-refractivity contribution in [3.05, 3.63) is 94.4 Å². The van der Waals surface area contributed by atoms with Gasteiger partial charge in [0.1, 0.15) is 6.54 Å². The van der Waals surface area contributed by atoms with E-state index in [0.717, 1.165) is 22.5 Å². The summed E-state index contributed by atoms with van der Waals surface area (Å²) in [4.78, 5) is 40.5. The summed E-state index contributed by atoms with van der Waals surface area (Å²) < 4.78 is 12.3. The number of hydrogen-bond acceptors (Lipinski definition) is 7. The Labute approximate surface area is 246 Å². The molecule has 0 amide bonds. The zero-order valence-electron chi connectivity index (χ0n) is 24.9. The summed E-state index contributed by atoms with van der Waals surface area (Å²) in [5.41, 5.74) is 4.04. The van der Waals surface area contributed by atoms with E-state index in [1.165, 1.54) is 0 Å². The predicted octanol–water partition coefficient (Wildman–Crippen LogP) is 3.99. The van der Waals surface area contributed by atoms with E-state index in [1.807, 2.05) is 85.7 Å². The maximum atomic E-state index is 13.6. The molecular formula is C34H36N2O6. The van der Waals surface area contributed by atoms with E-state index >= 15 is 0 Å². The molecule has 1 aliphatic carbocycles. The molecule has 0 radical (unpaired) electrons. The molecule has 218 valence electrons. The quantitative estimate of drug-likeness (QED) is 0.270. The fraction of sp³-hybridized carbons (Fsp3) is 0.353. The van der Waals surface area contributed by atoms with Gasteiger partial charge in [-0.15, -0.1) is 0 Å². The predicted molar refractivity (Wildman–Crippen MR) is 158 cm³/mol. The first-order valence-electron chi connectivity index (χ1n) is 14.3. The second-order valence-electron chi connectivity index (χ2n) is 11.6. The third kappa shape index (κ3) is 4.65. The number of anilines is 1. The molecule has 0 fully saturated rings. The van der Waals surface area contributed by atoms with Gasteiger partial charge in [-0.3, -0.25) is 9.59 Å². The van der Waals surface area contributed by atoms with Gasteiger partial charge in [-0.1, -0.05) is 56.0 Å². The molecule has 8 heteroatoms. The van der Waals surface area contributed by atoms with Crippen molar-refractivity contribution < 1.29 is 33.5 Å². The highest BCUT2D eigenvalue weighted by molar-refractivity contribution is 6.24. The molecule has 0 N–H and O–H groups in total. The fourth-order valence-corrected chi connectivity index (χ4v) is 6.18. The van der Waals surface area contributed by atoms with Crippen molar-refractivity contribution in [1.82, 2.24) is 0 Å². The van der Waals surface area contributed by atoms with Crippen LogP contribution in [0.15, 0.2) is 83.3 Å². The SMILES string of the molecule is CCOC(=O)CN1/C(=C/C2=C([O-])C(=C\C3=[N+](CC(=O)OCC)c4ccccc4C3(C)C)/C2=O)C(C)(C)c2ccccc21. The first kappa shape index (κ1) is 29.0. The van der Waals surface area contributed by atoms with Gasteiger partial charge in [0.15, 0.2) is 11.5 Å². The Balaban J connectivity index is 1.58. The minimum absolute atomic E-state index is 0.0360. The molecule has 2 aliphatic heterocycles. The minimum atomic E-state index is -0.559. The Morgan fingerprint density at radius 3 is 2.17 bits per heavy atom. The lowest BCUT2D eigenvalue weighted by Crippen LogP contribution is -2.36. The van der Waals surface area contributed by atoms with E-state index < -0.39 is 22.8 Å². The van der Waals surface area contributed by atoms with E-state index in [2.05, 4.69) is 0 Å². The monoisotopic (exact) mass is 568 g/mol. The normalized spacial score (nSPS) is 20.1. The van der Waals surface area contributed by atoms with Gasteiger partial charge in [-0.25, -0.2) is 4.79 Å². The summed E-state index contributed by atoms with van der Waals surface area (Å²) in [6.07, 6.45) is 3.24. The van der Waals surface area contributed by atoms with Crippen LogP contribution in [0.4, 0.5) is 11.4 Å². The lowest BCUT2D eigenvalue weighted by molar-refractivity contribution is -0.428. The van der Waals surface area contributed by atoms with E-state index in [-0.39, 0.29) is 49.0 Å². The summed E-state index contributed by atoms with van der Waals surface area (Å²) in [7, 11) is 0. The molecule has 0 aromatic heterocycles. The van der Waals surface area contributed by atoms with Gasteiger partial charge in [0.2, 0.25) is 12.2 Å². The van der Waals surface area contributed by atoms with Crippen molar-refractivity contribution in [2.24, 2.45) is 0 Å². The number of ether oxygens (including phenoxy) is 2. The molecule has 3 aliphatic rings. The number of ketones is 1. The fourth-order valence-electron chi connectivity index (χ4n) is 6.18. The molecule has 2 aromatic carbocycles. The maximum Gasteiger partial charge on any atom is 0.372 e. The smallest absolute Gasteiger partial charge is 0.372 e. The van der Waals surface area contributed by atoms with Crippen LogP contribution in [-0.2, 0) is 34.7 Å². The molecule has 0 spiro atoms. The highest BCUT2D eigenvalue weighted by Crippen LogP contribution is 2.49. The zero-order valence-corrected chi connectivity index (χ0v) is 24.9. The number of benzene rings is 2. The van der Waals surface area contributed by atoms with Gasteiger partial charge in [0.05, 0.1) is 18.6 Å². The van der Waals surface area contributed by atoms with Crippen LogP contribution in [0.2, 0.25) is 0 Å². The lowest BCUT2D eigenvalue weighted by atomic mass is 9.77. The number of esters is 2. The molecule has 2 heterocycles. The number of allylic oxidation sites excluding steroid dienone is 5. The van der Waals surface area contributed by atoms with Crippen LogP contribution in [-0.4, -0.2) is 54.3 Å². The zero-order chi connectivity index (χ0) is 30.4. The number of rotatable bonds is 8. The Morgan fingerprint density at radius 1 is 0.881 bits per heavy atom. The van der Waals surface area contributed by atoms with Crippen molar-refractivity contribution in [1.29, 1.82) is 0 Å². The summed E-state index contributed by atoms with van der Waals surface area (Å²) in [6, 6.07) is 15.5. The van der Waals surface area contributed by atoms with Crippen molar-refractivity contribution in [2.75, 3.05) is 31.2 Å². The second-order valence-corrected chi connectivity index (χ2v) is 11.6. The first-order chi connectivity index (χ1) is 19.9. The standard InChI is InChI=1S/C34H36N2O6/c1-7-41-29(37)19-35-25-15-11-9-13-23(25)33(3,4)27(35)17-21-31(39)22(32(21)40)18-28-34(5,6)24-14-10-12-16-26(24)36(28)20-30(38)42-8-2/h9-18H,7-8,19-20H2,1-6H3. The van der Waals surface area contributed by atoms with E-state index in [0.29, 0.717) is 11.4 Å². The van der Waals surface area contributed by atoms with Gasteiger partial charge in [-0.05, 0) is 45.4 Å². The maximum absolute atomic E-state index is 13.6. The number of hydrogen-bond donors (Lipinski definition) is 0. The van der Waals surface area contributed by atoms with E-state index in [1.54, 1.807) is 26.0 Å². The number of para-hydroxylation sites is 2. The average Bonchev–Trinajstić information content (AvgIpc) is 3.29. The Bertz CT molecular complexity index is 1620. The van der Waals surface area contributed by atoms with Crippen LogP contribution < -0.4 is 10.0 Å². The second kappa shape index (κ2) is 10.7. The topological polar surface area (TPSA) is 99.0 Å². The third-order valence-corrected chi connectivity index (χ3v) is 8.32. The molecule has 2 aromatic rings. The summed E-state index contributed by atoms with van der Waals surface area (Å²) in [5.74, 6) is -1.53. The number of nitrogens with zero attached hydrogens (tertiary/aromatic N) is 2. The third-order valence-electron chi connectivity index (χ3n) is 8.32. The highest BCUT2D eigenvalue weighted by Gasteiger charge is 2.47. The lowest BCUT2D eigenvalue weighted by Gasteiger charge is -2.32. The van der Waals surface area contributed by atoms with Gasteiger partial charge in [0.25, 0.3) is 0 Å². The van der Waals surface area contributed by atoms with Crippen LogP contribution in [0.1, 0.15) is 52.7 Å². The van der Waals surface area contributed by atoms with Crippen LogP contribution in [0.3, 0.4) is 0 Å². The van der Waals surface area contributed by atoms with Gasteiger partial charge < -0.3 is 19.5 Å². The Hall–Kier alpha value is -4.46. The molecule has 0 saturated heterocycles. The molecule has 0 bridgehead atoms. The van der Waals surface area contributed by atoms with E-state index in [4.69, 9.17) is 9.47 Å². The van der Waals surface area contributed by atoms with Crippen molar-refractivity contribution in [2.45, 2.75) is 52.4 Å². The molecular weight excluding hydrogens is 532 g/mol. The number of carbonyl (C=O) groups excluding carboxylic acids is 3. The van der Waals surface area contributed by atoms with Crippen LogP contribution in [0.5, 0.6) is 0 Å². The van der Waals surface area contributed by atoms with Crippen molar-refractivity contribution >= 4 is 34.8 Å². The van der Waals surface area contributed by atoms with Gasteiger partial charge >= 0.3 is 11.9 Å². The Kier molecular flexibility index (Phi) is 7.43. The van der Waals surface area contributed by atoms with Crippen molar-refractivity contribution in [3.8, 4) is 0 Å². The summed E-state index contributed by atoms with van der Waals surface area (Å²) >= 11 is 0. The highest BCUT2D eigenvalue weighted by atomic mass is 16.5. The van der Waals surface area contributed by atoms with Crippen LogP contribution >= 0.6 is 0 Å². The van der Waals surface area contributed by atoms with E-state index in [9.17, 15) is 19.5 Å². The first-order valence-corrected chi connectivity index (χ1v) is 14.3. The number of Topliss-reactive ketones (excluding diaryl/α,β-unsaturated/α-hetero) is 1. The van der Waals surface area contributed by atoms with Crippen molar-refractivity contribution in [3.63, 3.8) is 0 Å². The Morgan fingerprint density at radius 2 is 1.50 bits per heavy atom.